The van der Waals surface area contributed by atoms with E-state index in [9.17, 15) is 18.0 Å². The second-order valence-electron chi connectivity index (χ2n) is 5.06. The van der Waals surface area contributed by atoms with Crippen LogP contribution in [-0.2, 0) is 19.6 Å². The molecule has 1 fully saturated rings. The van der Waals surface area contributed by atoms with Gasteiger partial charge in [-0.1, -0.05) is 6.92 Å². The van der Waals surface area contributed by atoms with E-state index in [1.165, 1.54) is 23.1 Å². The Morgan fingerprint density at radius 2 is 1.57 bits per heavy atom. The summed E-state index contributed by atoms with van der Waals surface area (Å²) in [7, 11) is -3.24. The average molecular weight is 318 g/mol. The molecular weight excluding hydrogens is 296 g/mol. The van der Waals surface area contributed by atoms with E-state index in [4.69, 9.17) is 5.11 Å². The van der Waals surface area contributed by atoms with Gasteiger partial charge in [0.15, 0.2) is 0 Å². The SMILES string of the molecule is CCCS(=O)(=O)N1CCN(C(=O)C(C)=C(C)C(=O)O)CC1. The van der Waals surface area contributed by atoms with Crippen LogP contribution in [0.2, 0.25) is 0 Å². The third-order valence-electron chi connectivity index (χ3n) is 3.59. The first-order valence-electron chi connectivity index (χ1n) is 6.88. The third-order valence-corrected chi connectivity index (χ3v) is 5.66. The molecule has 1 saturated heterocycles. The smallest absolute Gasteiger partial charge is 0.331 e. The Balaban J connectivity index is 2.72. The minimum Gasteiger partial charge on any atom is -0.478 e. The van der Waals surface area contributed by atoms with Crippen LogP contribution in [0.25, 0.3) is 0 Å². The zero-order chi connectivity index (χ0) is 16.2. The van der Waals surface area contributed by atoms with Crippen molar-refractivity contribution < 1.29 is 23.1 Å². The van der Waals surface area contributed by atoms with Crippen molar-refractivity contribution in [3.05, 3.63) is 11.1 Å². The van der Waals surface area contributed by atoms with Crippen LogP contribution in [0, 0.1) is 0 Å². The predicted octanol–water partition coefficient (Wildman–Crippen LogP) is 0.291. The zero-order valence-corrected chi connectivity index (χ0v) is 13.4. The van der Waals surface area contributed by atoms with Gasteiger partial charge in [-0.3, -0.25) is 4.79 Å². The molecule has 0 aromatic rings. The summed E-state index contributed by atoms with van der Waals surface area (Å²) in [5.74, 6) is -1.36. The molecule has 0 radical (unpaired) electrons. The van der Waals surface area contributed by atoms with E-state index in [0.29, 0.717) is 6.42 Å². The van der Waals surface area contributed by atoms with E-state index < -0.39 is 16.0 Å². The molecule has 0 saturated carbocycles. The fraction of sp³-hybridized carbons (Fsp3) is 0.692. The van der Waals surface area contributed by atoms with E-state index >= 15 is 0 Å². The molecule has 0 aromatic heterocycles. The Morgan fingerprint density at radius 1 is 1.05 bits per heavy atom. The standard InChI is InChI=1S/C13H22N2O5S/c1-4-9-21(19,20)15-7-5-14(6-8-15)12(16)10(2)11(3)13(17)18/h4-9H2,1-3H3,(H,17,18). The summed E-state index contributed by atoms with van der Waals surface area (Å²) >= 11 is 0. The fourth-order valence-electron chi connectivity index (χ4n) is 2.11. The van der Waals surface area contributed by atoms with E-state index in [0.717, 1.165) is 0 Å². The van der Waals surface area contributed by atoms with Crippen LogP contribution >= 0.6 is 0 Å². The number of sulfonamides is 1. The summed E-state index contributed by atoms with van der Waals surface area (Å²) in [5.41, 5.74) is 0.202. The molecule has 0 atom stereocenters. The monoisotopic (exact) mass is 318 g/mol. The van der Waals surface area contributed by atoms with Crippen LogP contribution in [0.15, 0.2) is 11.1 Å². The van der Waals surface area contributed by atoms with Gasteiger partial charge in [0.2, 0.25) is 15.9 Å². The van der Waals surface area contributed by atoms with Crippen LogP contribution in [0.4, 0.5) is 0 Å². The number of carboxylic acid groups (broad SMARTS) is 1. The topological polar surface area (TPSA) is 95.0 Å². The number of carboxylic acids is 1. The molecule has 0 aliphatic carbocycles. The van der Waals surface area contributed by atoms with Gasteiger partial charge in [0.1, 0.15) is 0 Å². The molecule has 1 heterocycles. The first-order chi connectivity index (χ1) is 9.70. The van der Waals surface area contributed by atoms with Gasteiger partial charge in [-0.2, -0.15) is 4.31 Å². The number of carbonyl (C=O) groups is 2. The lowest BCUT2D eigenvalue weighted by Gasteiger charge is -2.34. The molecule has 0 bridgehead atoms. The minimum absolute atomic E-state index is 0.0148. The highest BCUT2D eigenvalue weighted by atomic mass is 32.2. The Bertz CT molecular complexity index is 545. The van der Waals surface area contributed by atoms with Crippen LogP contribution < -0.4 is 0 Å². The van der Waals surface area contributed by atoms with Crippen molar-refractivity contribution in [1.82, 2.24) is 9.21 Å². The third kappa shape index (κ3) is 4.28. The predicted molar refractivity (Wildman–Crippen MR) is 78.2 cm³/mol. The van der Waals surface area contributed by atoms with Crippen LogP contribution in [-0.4, -0.2) is 66.5 Å². The number of hydrogen-bond donors (Lipinski definition) is 1. The maximum atomic E-state index is 12.2. The minimum atomic E-state index is -3.24. The first-order valence-corrected chi connectivity index (χ1v) is 8.49. The van der Waals surface area contributed by atoms with Gasteiger partial charge < -0.3 is 10.0 Å². The highest BCUT2D eigenvalue weighted by Crippen LogP contribution is 2.13. The van der Waals surface area contributed by atoms with Crippen molar-refractivity contribution in [2.45, 2.75) is 27.2 Å². The highest BCUT2D eigenvalue weighted by Gasteiger charge is 2.29. The molecule has 0 unspecified atom stereocenters. The van der Waals surface area contributed by atoms with Crippen molar-refractivity contribution in [3.63, 3.8) is 0 Å². The van der Waals surface area contributed by atoms with Gasteiger partial charge in [-0.15, -0.1) is 0 Å². The lowest BCUT2D eigenvalue weighted by atomic mass is 10.1. The Morgan fingerprint density at radius 3 is 2.00 bits per heavy atom. The van der Waals surface area contributed by atoms with Gasteiger partial charge in [0, 0.05) is 37.3 Å². The first kappa shape index (κ1) is 17.6. The quantitative estimate of drug-likeness (QED) is 0.735. The molecule has 21 heavy (non-hydrogen) atoms. The molecule has 1 aliphatic rings. The summed E-state index contributed by atoms with van der Waals surface area (Å²) in [6, 6.07) is 0. The van der Waals surface area contributed by atoms with E-state index in [1.54, 1.807) is 6.92 Å². The number of nitrogens with zero attached hydrogens (tertiary/aromatic N) is 2. The number of carbonyl (C=O) groups excluding carboxylic acids is 1. The fourth-order valence-corrected chi connectivity index (χ4v) is 3.61. The molecule has 120 valence electrons. The van der Waals surface area contributed by atoms with Crippen molar-refractivity contribution >= 4 is 21.9 Å². The van der Waals surface area contributed by atoms with Crippen LogP contribution in [0.5, 0.6) is 0 Å². The second-order valence-corrected chi connectivity index (χ2v) is 7.15. The summed E-state index contributed by atoms with van der Waals surface area (Å²) in [5, 5.41) is 8.89. The summed E-state index contributed by atoms with van der Waals surface area (Å²) in [6.45, 7) is 5.75. The van der Waals surface area contributed by atoms with Crippen molar-refractivity contribution in [2.75, 3.05) is 31.9 Å². The number of hydrogen-bond acceptors (Lipinski definition) is 4. The van der Waals surface area contributed by atoms with Crippen molar-refractivity contribution in [3.8, 4) is 0 Å². The van der Waals surface area contributed by atoms with E-state index in [1.807, 2.05) is 0 Å². The average Bonchev–Trinajstić information content (AvgIpc) is 2.45. The molecule has 1 rings (SSSR count). The summed E-state index contributed by atoms with van der Waals surface area (Å²) < 4.78 is 25.3. The summed E-state index contributed by atoms with van der Waals surface area (Å²) in [6.07, 6.45) is 0.557. The number of amides is 1. The molecule has 0 spiro atoms. The van der Waals surface area contributed by atoms with E-state index in [-0.39, 0.29) is 49.0 Å². The second kappa shape index (κ2) is 7.04. The molecule has 0 aromatic carbocycles. The van der Waals surface area contributed by atoms with Crippen molar-refractivity contribution in [2.24, 2.45) is 0 Å². The number of aliphatic carboxylic acids is 1. The van der Waals surface area contributed by atoms with E-state index in [2.05, 4.69) is 0 Å². The van der Waals surface area contributed by atoms with Crippen LogP contribution in [0.1, 0.15) is 27.2 Å². The Kier molecular flexibility index (Phi) is 5.91. The zero-order valence-electron chi connectivity index (χ0n) is 12.6. The Hall–Kier alpha value is -1.41. The molecule has 1 amide bonds. The van der Waals surface area contributed by atoms with Gasteiger partial charge in [0.05, 0.1) is 5.75 Å². The van der Waals surface area contributed by atoms with Gasteiger partial charge in [-0.25, -0.2) is 13.2 Å². The molecule has 7 nitrogen and oxygen atoms in total. The largest absolute Gasteiger partial charge is 0.478 e. The molecular formula is C13H22N2O5S. The lowest BCUT2D eigenvalue weighted by molar-refractivity contribution is -0.134. The Labute approximate surface area is 125 Å². The molecule has 1 aliphatic heterocycles. The molecule has 8 heteroatoms. The molecule has 1 N–H and O–H groups in total. The maximum Gasteiger partial charge on any atom is 0.331 e. The summed E-state index contributed by atoms with van der Waals surface area (Å²) in [4.78, 5) is 24.5. The van der Waals surface area contributed by atoms with Gasteiger partial charge in [-0.05, 0) is 20.3 Å². The van der Waals surface area contributed by atoms with Gasteiger partial charge in [0.25, 0.3) is 0 Å². The maximum absolute atomic E-state index is 12.2. The lowest BCUT2D eigenvalue weighted by Crippen LogP contribution is -2.51. The van der Waals surface area contributed by atoms with Crippen molar-refractivity contribution in [1.29, 1.82) is 0 Å². The number of piperazine rings is 1. The number of rotatable bonds is 5. The van der Waals surface area contributed by atoms with Gasteiger partial charge >= 0.3 is 5.97 Å². The highest BCUT2D eigenvalue weighted by molar-refractivity contribution is 7.89. The van der Waals surface area contributed by atoms with Crippen LogP contribution in [0.3, 0.4) is 0 Å². The normalized spacial score (nSPS) is 18.3.